The third-order valence-electron chi connectivity index (χ3n) is 17.5. The summed E-state index contributed by atoms with van der Waals surface area (Å²) in [6.07, 6.45) is 1.18. The van der Waals surface area contributed by atoms with Crippen LogP contribution in [-0.4, -0.2) is 207 Å². The molecule has 26 heteroatoms. The fraction of sp³-hybridized carbons (Fsp3) is 0.632. The zero-order valence-corrected chi connectivity index (χ0v) is 59.4. The minimum atomic E-state index is -1.11. The monoisotopic (exact) mass is 1380 g/mol. The van der Waals surface area contributed by atoms with E-state index in [1.807, 2.05) is 51.7 Å². The first-order valence-electron chi connectivity index (χ1n) is 32.6. The molecule has 94 heavy (non-hydrogen) atoms. The summed E-state index contributed by atoms with van der Waals surface area (Å²) in [7, 11) is 6.10. The molecule has 0 spiro atoms. The zero-order valence-electron chi connectivity index (χ0n) is 57.7. The van der Waals surface area contributed by atoms with E-state index in [4.69, 9.17) is 14.2 Å². The molecule has 7 N–H and O–H groups in total. The van der Waals surface area contributed by atoms with Gasteiger partial charge in [0.2, 0.25) is 23.6 Å². The molecular formula is C68H104N10O15Se. The largest absolute Gasteiger partial charge is 0.0603 e. The molecule has 2 heterocycles. The molecule has 1 saturated heterocycles. The molecule has 0 unspecified atom stereocenters. The van der Waals surface area contributed by atoms with Gasteiger partial charge in [-0.3, -0.25) is 38.6 Å². The Hall–Kier alpha value is -7.25. The Morgan fingerprint density at radius 2 is 1.36 bits per heavy atom. The number of amides is 11. The van der Waals surface area contributed by atoms with E-state index in [1.165, 1.54) is 33.1 Å². The van der Waals surface area contributed by atoms with Crippen molar-refractivity contribution in [2.45, 2.75) is 206 Å². The number of carbonyl (C=O) groups excluding carboxylic acids is 11. The number of carbonyl (C=O) groups is 11. The number of likely N-dealkylation sites (N-methyl/N-ethyl adjacent to an activating group) is 2. The molecule has 0 bridgehead atoms. The van der Waals surface area contributed by atoms with E-state index in [0.717, 1.165) is 17.1 Å². The van der Waals surface area contributed by atoms with Gasteiger partial charge < -0.3 is 35.0 Å². The quantitative estimate of drug-likeness (QED) is 0.0349. The number of nitrogens with one attached hydrogen (secondary N) is 6. The fourth-order valence-corrected chi connectivity index (χ4v) is 12.9. The van der Waals surface area contributed by atoms with Gasteiger partial charge in [-0.1, -0.05) is 85.2 Å². The van der Waals surface area contributed by atoms with Crippen LogP contribution in [0.25, 0.3) is 0 Å². The van der Waals surface area contributed by atoms with Crippen LogP contribution in [0.2, 0.25) is 11.1 Å². The average Bonchev–Trinajstić information content (AvgIpc) is 1.62. The molecule has 0 saturated carbocycles. The van der Waals surface area contributed by atoms with Crippen LogP contribution in [0.15, 0.2) is 66.7 Å². The van der Waals surface area contributed by atoms with Gasteiger partial charge in [-0.05, 0) is 43.1 Å². The zero-order chi connectivity index (χ0) is 70.3. The summed E-state index contributed by atoms with van der Waals surface area (Å²) in [5, 5.41) is 28.4. The summed E-state index contributed by atoms with van der Waals surface area (Å²) < 4.78 is 17.8. The normalized spacial score (nSPS) is 17.8. The summed E-state index contributed by atoms with van der Waals surface area (Å²) in [5.41, 5.74) is 1.60. The van der Waals surface area contributed by atoms with Crippen LogP contribution in [-0.2, 0) is 68.8 Å². The molecule has 11 amide bonds. The second-order valence-electron chi connectivity index (χ2n) is 25.7. The van der Waals surface area contributed by atoms with Crippen molar-refractivity contribution < 1.29 is 72.1 Å². The van der Waals surface area contributed by atoms with E-state index in [2.05, 4.69) is 31.9 Å². The molecule has 522 valence electrons. The molecule has 0 radical (unpaired) electrons. The number of imide groups is 1. The van der Waals surface area contributed by atoms with E-state index in [1.54, 1.807) is 94.8 Å². The standard InChI is InChI=1S/C68H104N10O15Se/c1-17-42(8)59(52(91-14)37-56(82)77-33-21-24-51(77)61(92-15)43(9)62(84)69-44(10)60(83)47-22-19-18-20-23-47)75(12)67(89)57(40(4)5)74-66(88)58(41(6)7)76(13)68(90)93-38-46-25-27-48(28-26-46)71-64(86)49(32-35-94-16)73-63(85)45(11)70-65(87)50(36-39(2)3)72-53(79)31-34-78-54(80)29-30-55(78)81/h18-20,22-23,25-30,39-45,49-52,57-61,83H,17,21,24,31-38H2,1-16H3,(H,69,84)(H,70,87)(H,71,86)(H,72,79)(H,73,85)(H,74,88)/t42-,43+,44+,45-,49-,50+,51-,52+,57-,58-,59-,60+,61+/m0/s1. The Balaban J connectivity index is 1.36. The van der Waals surface area contributed by atoms with Crippen molar-refractivity contribution in [3.8, 4) is 0 Å². The van der Waals surface area contributed by atoms with Crippen molar-refractivity contribution in [3.05, 3.63) is 77.9 Å². The van der Waals surface area contributed by atoms with Crippen molar-refractivity contribution >= 4 is 85.8 Å². The number of ether oxygens (including phenoxy) is 3. The van der Waals surface area contributed by atoms with Gasteiger partial charge in [0.15, 0.2) is 0 Å². The minimum absolute atomic E-state index is 0.0332. The van der Waals surface area contributed by atoms with Crippen LogP contribution < -0.4 is 31.9 Å². The minimum Gasteiger partial charge on any atom is -0.0603 e. The van der Waals surface area contributed by atoms with E-state index in [9.17, 15) is 57.8 Å². The van der Waals surface area contributed by atoms with Gasteiger partial charge in [-0.2, -0.15) is 0 Å². The third-order valence-corrected chi connectivity index (χ3v) is 18.8. The maximum absolute atomic E-state index is 14.8. The first-order chi connectivity index (χ1) is 44.4. The Morgan fingerprint density at radius 3 is 1.93 bits per heavy atom. The van der Waals surface area contributed by atoms with Crippen molar-refractivity contribution in [1.29, 1.82) is 0 Å². The van der Waals surface area contributed by atoms with E-state index in [0.29, 0.717) is 54.4 Å². The molecule has 4 rings (SSSR count). The van der Waals surface area contributed by atoms with Crippen molar-refractivity contribution in [2.24, 2.45) is 29.6 Å². The van der Waals surface area contributed by atoms with Crippen LogP contribution in [0.1, 0.15) is 138 Å². The Bertz CT molecular complexity index is 2900. The molecular weight excluding hydrogens is 1280 g/mol. The Labute approximate surface area is 561 Å². The van der Waals surface area contributed by atoms with Crippen molar-refractivity contribution in [2.75, 3.05) is 46.7 Å². The summed E-state index contributed by atoms with van der Waals surface area (Å²) in [5.74, 6) is -4.68. The smallest absolute Gasteiger partial charge is 0.0176 e. The van der Waals surface area contributed by atoms with Crippen molar-refractivity contribution in [3.63, 3.8) is 0 Å². The summed E-state index contributed by atoms with van der Waals surface area (Å²) >= 11 is 0.157. The Morgan fingerprint density at radius 1 is 0.723 bits per heavy atom. The number of aliphatic hydroxyl groups excluding tert-OH is 1. The van der Waals surface area contributed by atoms with Crippen LogP contribution in [0.3, 0.4) is 0 Å². The number of benzene rings is 2. The van der Waals surface area contributed by atoms with E-state index >= 15 is 0 Å². The second kappa shape index (κ2) is 38.3. The molecule has 2 aromatic rings. The number of hydrogen-bond donors (Lipinski definition) is 7. The summed E-state index contributed by atoms with van der Waals surface area (Å²) in [6.45, 7) is 19.8. The predicted octanol–water partition coefficient (Wildman–Crippen LogP) is 4.91. The predicted molar refractivity (Wildman–Crippen MR) is 356 cm³/mol. The molecule has 13 atom stereocenters. The number of aliphatic hydroxyl groups is 1. The fourth-order valence-electron chi connectivity index (χ4n) is 11.9. The van der Waals surface area contributed by atoms with E-state index < -0.39 is 138 Å². The van der Waals surface area contributed by atoms with Gasteiger partial charge in [-0.15, -0.1) is 0 Å². The number of anilines is 1. The van der Waals surface area contributed by atoms with Crippen LogP contribution in [0.4, 0.5) is 10.5 Å². The van der Waals surface area contributed by atoms with Crippen LogP contribution in [0, 0.1) is 29.6 Å². The molecule has 0 aromatic heterocycles. The van der Waals surface area contributed by atoms with E-state index in [-0.39, 0.29) is 71.0 Å². The number of hydrogen-bond acceptors (Lipinski definition) is 15. The van der Waals surface area contributed by atoms with Gasteiger partial charge in [0.25, 0.3) is 11.8 Å². The third kappa shape index (κ3) is 22.7. The first-order valence-corrected chi connectivity index (χ1v) is 35.5. The average molecular weight is 1380 g/mol. The van der Waals surface area contributed by atoms with Gasteiger partial charge in [-0.25, -0.2) is 4.79 Å². The number of likely N-dealkylation sites (tertiary alicyclic amines) is 1. The van der Waals surface area contributed by atoms with Gasteiger partial charge in [0, 0.05) is 53.6 Å². The number of methoxy groups -OCH3 is 2. The van der Waals surface area contributed by atoms with Gasteiger partial charge >= 0.3 is 207 Å². The topological polar surface area (TPSA) is 321 Å². The van der Waals surface area contributed by atoms with Crippen LogP contribution >= 0.6 is 0 Å². The Kier molecular flexibility index (Phi) is 32.3. The summed E-state index contributed by atoms with van der Waals surface area (Å²) in [4.78, 5) is 154. The molecule has 2 aliphatic heterocycles. The molecule has 1 fully saturated rings. The number of nitrogens with zero attached hydrogens (tertiary/aromatic N) is 4. The molecule has 2 aliphatic rings. The van der Waals surface area contributed by atoms with Gasteiger partial charge in [0.1, 0.15) is 12.1 Å². The van der Waals surface area contributed by atoms with Gasteiger partial charge in [0.05, 0.1) is 48.8 Å². The van der Waals surface area contributed by atoms with Crippen LogP contribution in [0.5, 0.6) is 0 Å². The maximum atomic E-state index is 14.8. The second-order valence-corrected chi connectivity index (χ2v) is 27.8. The maximum Gasteiger partial charge on any atom is -0.0176 e. The first kappa shape index (κ1) is 79.2. The molecule has 0 aliphatic carbocycles. The van der Waals surface area contributed by atoms with Crippen molar-refractivity contribution in [1.82, 2.24) is 46.2 Å². The SMILES string of the molecule is CC[C@H](C)[C@@H]([C@@H](CC(=O)N1CCC[C@H]1[C@H](OC)[C@@H](C)C(=O)N[C@H](C)[C@@H](O)c1ccccc1)OC)N(C)C(=O)[C@@H](NC(=O)[C@H](C(C)C)N(C)C(=O)OCc1ccc(NC(=O)[C@H](CC[Se]C)NC(=O)[C@H](C)NC(=O)[C@@H](CC(C)C)NC(=O)CCN2C(=O)C=CC2=O)cc1)C(C)C. The molecule has 25 nitrogen and oxygen atoms in total. The summed E-state index contributed by atoms with van der Waals surface area (Å²) in [6, 6.07) is 8.67. The number of rotatable bonds is 37. The molecule has 2 aromatic carbocycles.